The molecule has 0 radical (unpaired) electrons. The van der Waals surface area contributed by atoms with E-state index in [4.69, 9.17) is 4.74 Å². The van der Waals surface area contributed by atoms with E-state index >= 15 is 0 Å². The first-order valence-corrected chi connectivity index (χ1v) is 10.5. The quantitative estimate of drug-likeness (QED) is 0.589. The Morgan fingerprint density at radius 1 is 1.07 bits per heavy atom. The number of pyridine rings is 1. The van der Waals surface area contributed by atoms with Crippen molar-refractivity contribution in [3.05, 3.63) is 60.4 Å². The molecule has 1 saturated heterocycles. The second-order valence-corrected chi connectivity index (χ2v) is 7.80. The first kappa shape index (κ1) is 19.4. The molecule has 4 rings (SSSR count). The van der Waals surface area contributed by atoms with Gasteiger partial charge < -0.3 is 9.64 Å². The first-order chi connectivity index (χ1) is 14.1. The van der Waals surface area contributed by atoms with Crippen LogP contribution in [0.25, 0.3) is 21.9 Å². The van der Waals surface area contributed by atoms with Crippen molar-refractivity contribution in [2.75, 3.05) is 13.1 Å². The van der Waals surface area contributed by atoms with Gasteiger partial charge in [-0.25, -0.2) is 0 Å². The molecule has 3 aromatic rings. The monoisotopic (exact) mass is 388 g/mol. The van der Waals surface area contributed by atoms with Crippen LogP contribution in [0.15, 0.2) is 54.7 Å². The highest BCUT2D eigenvalue weighted by atomic mass is 16.5. The summed E-state index contributed by atoms with van der Waals surface area (Å²) in [7, 11) is 0. The molecule has 4 heteroatoms. The molecule has 1 aromatic heterocycles. The maximum Gasteiger partial charge on any atom is 0.222 e. The number of benzene rings is 2. The van der Waals surface area contributed by atoms with E-state index in [1.54, 1.807) is 0 Å². The molecule has 0 saturated carbocycles. The number of hydrogen-bond acceptors (Lipinski definition) is 3. The van der Waals surface area contributed by atoms with E-state index < -0.39 is 0 Å². The van der Waals surface area contributed by atoms with Gasteiger partial charge in [0.05, 0.1) is 0 Å². The van der Waals surface area contributed by atoms with Gasteiger partial charge in [0.25, 0.3) is 0 Å². The van der Waals surface area contributed by atoms with Gasteiger partial charge in [0.1, 0.15) is 11.9 Å². The second-order valence-electron chi connectivity index (χ2n) is 7.80. The molecular weight excluding hydrogens is 360 g/mol. The molecule has 4 nitrogen and oxygen atoms in total. The topological polar surface area (TPSA) is 42.4 Å². The number of rotatable bonds is 5. The van der Waals surface area contributed by atoms with E-state index in [1.165, 1.54) is 21.9 Å². The number of aryl methyl sites for hydroxylation is 1. The molecule has 0 unspecified atom stereocenters. The largest absolute Gasteiger partial charge is 0.490 e. The minimum atomic E-state index is 0.183. The lowest BCUT2D eigenvalue weighted by Gasteiger charge is -2.32. The van der Waals surface area contributed by atoms with Gasteiger partial charge in [0, 0.05) is 49.6 Å². The van der Waals surface area contributed by atoms with Gasteiger partial charge in [-0.15, -0.1) is 0 Å². The SMILES string of the molecule is CCCC(=O)N1CCC(Oc2ccc(-c3ccc4c(C)nccc4c3)cc2)CC1. The predicted octanol–water partition coefficient (Wildman–Crippen LogP) is 5.38. The first-order valence-electron chi connectivity index (χ1n) is 10.5. The molecule has 2 heterocycles. The standard InChI is InChI=1S/C25H28N2O2/c1-3-4-25(28)27-15-12-23(13-16-27)29-22-8-5-19(6-9-22)20-7-10-24-18(2)26-14-11-21(24)17-20/h5-11,14,17,23H,3-4,12-13,15-16H2,1-2H3. The van der Waals surface area contributed by atoms with Crippen LogP contribution >= 0.6 is 0 Å². The number of carbonyl (C=O) groups is 1. The lowest BCUT2D eigenvalue weighted by molar-refractivity contribution is -0.133. The Morgan fingerprint density at radius 2 is 1.79 bits per heavy atom. The molecule has 0 aliphatic carbocycles. The maximum atomic E-state index is 12.0. The van der Waals surface area contributed by atoms with Crippen LogP contribution < -0.4 is 4.74 Å². The molecule has 0 N–H and O–H groups in total. The third-order valence-corrected chi connectivity index (χ3v) is 5.71. The normalized spacial score (nSPS) is 14.9. The van der Waals surface area contributed by atoms with Crippen molar-refractivity contribution in [1.29, 1.82) is 0 Å². The smallest absolute Gasteiger partial charge is 0.222 e. The second kappa shape index (κ2) is 8.64. The average Bonchev–Trinajstić information content (AvgIpc) is 2.75. The van der Waals surface area contributed by atoms with E-state index in [2.05, 4.69) is 41.4 Å². The van der Waals surface area contributed by atoms with Gasteiger partial charge in [-0.1, -0.05) is 31.2 Å². The van der Waals surface area contributed by atoms with E-state index in [0.717, 1.165) is 43.8 Å². The van der Waals surface area contributed by atoms with Crippen LogP contribution in [0.1, 0.15) is 38.3 Å². The van der Waals surface area contributed by atoms with Crippen LogP contribution in [0.4, 0.5) is 0 Å². The van der Waals surface area contributed by atoms with Crippen LogP contribution in [0.2, 0.25) is 0 Å². The Balaban J connectivity index is 1.39. The lowest BCUT2D eigenvalue weighted by atomic mass is 10.0. The highest BCUT2D eigenvalue weighted by Crippen LogP contribution is 2.28. The number of likely N-dealkylation sites (tertiary alicyclic amines) is 1. The third-order valence-electron chi connectivity index (χ3n) is 5.71. The van der Waals surface area contributed by atoms with Gasteiger partial charge in [0.2, 0.25) is 5.91 Å². The molecule has 1 aliphatic rings. The molecule has 29 heavy (non-hydrogen) atoms. The highest BCUT2D eigenvalue weighted by Gasteiger charge is 2.23. The fraction of sp³-hybridized carbons (Fsp3) is 0.360. The molecule has 0 atom stereocenters. The Hall–Kier alpha value is -2.88. The van der Waals surface area contributed by atoms with Gasteiger partial charge in [-0.3, -0.25) is 9.78 Å². The molecule has 0 bridgehead atoms. The number of piperidine rings is 1. The van der Waals surface area contributed by atoms with Crippen molar-refractivity contribution in [1.82, 2.24) is 9.88 Å². The van der Waals surface area contributed by atoms with Gasteiger partial charge in [0.15, 0.2) is 0 Å². The summed E-state index contributed by atoms with van der Waals surface area (Å²) in [4.78, 5) is 18.4. The molecule has 1 fully saturated rings. The lowest BCUT2D eigenvalue weighted by Crippen LogP contribution is -2.41. The number of nitrogens with zero attached hydrogens (tertiary/aromatic N) is 2. The fourth-order valence-corrected chi connectivity index (χ4v) is 4.02. The molecule has 1 aliphatic heterocycles. The van der Waals surface area contributed by atoms with Crippen LogP contribution in [-0.4, -0.2) is 35.0 Å². The fourth-order valence-electron chi connectivity index (χ4n) is 4.02. The van der Waals surface area contributed by atoms with Crippen LogP contribution in [0, 0.1) is 6.92 Å². The van der Waals surface area contributed by atoms with E-state index in [0.29, 0.717) is 6.42 Å². The van der Waals surface area contributed by atoms with Crippen LogP contribution in [-0.2, 0) is 4.79 Å². The van der Waals surface area contributed by atoms with Crippen molar-refractivity contribution >= 4 is 16.7 Å². The molecule has 150 valence electrons. The van der Waals surface area contributed by atoms with Gasteiger partial charge in [-0.2, -0.15) is 0 Å². The summed E-state index contributed by atoms with van der Waals surface area (Å²) < 4.78 is 6.17. The third kappa shape index (κ3) is 4.42. The minimum Gasteiger partial charge on any atom is -0.490 e. The number of carbonyl (C=O) groups excluding carboxylic acids is 1. The number of aromatic nitrogens is 1. The summed E-state index contributed by atoms with van der Waals surface area (Å²) in [5.41, 5.74) is 3.42. The Morgan fingerprint density at radius 3 is 2.52 bits per heavy atom. The van der Waals surface area contributed by atoms with E-state index in [-0.39, 0.29) is 12.0 Å². The zero-order chi connectivity index (χ0) is 20.2. The number of hydrogen-bond donors (Lipinski definition) is 0. The van der Waals surface area contributed by atoms with Gasteiger partial charge >= 0.3 is 0 Å². The van der Waals surface area contributed by atoms with Crippen molar-refractivity contribution in [3.63, 3.8) is 0 Å². The summed E-state index contributed by atoms with van der Waals surface area (Å²) >= 11 is 0. The van der Waals surface area contributed by atoms with Crippen molar-refractivity contribution in [2.24, 2.45) is 0 Å². The summed E-state index contributed by atoms with van der Waals surface area (Å²) in [6, 6.07) is 16.9. The summed E-state index contributed by atoms with van der Waals surface area (Å²) in [6.07, 6.45) is 5.40. The summed E-state index contributed by atoms with van der Waals surface area (Å²) in [5.74, 6) is 1.17. The Labute approximate surface area is 172 Å². The zero-order valence-electron chi connectivity index (χ0n) is 17.2. The molecular formula is C25H28N2O2. The highest BCUT2D eigenvalue weighted by molar-refractivity contribution is 5.88. The maximum absolute atomic E-state index is 12.0. The van der Waals surface area contributed by atoms with E-state index in [9.17, 15) is 4.79 Å². The number of ether oxygens (including phenoxy) is 1. The summed E-state index contributed by atoms with van der Waals surface area (Å²) in [5, 5.41) is 2.40. The molecule has 1 amide bonds. The number of amides is 1. The van der Waals surface area contributed by atoms with Crippen molar-refractivity contribution < 1.29 is 9.53 Å². The Kier molecular flexibility index (Phi) is 5.79. The predicted molar refractivity (Wildman–Crippen MR) is 117 cm³/mol. The molecule has 0 spiro atoms. The van der Waals surface area contributed by atoms with E-state index in [1.807, 2.05) is 37.1 Å². The van der Waals surface area contributed by atoms with Crippen LogP contribution in [0.5, 0.6) is 5.75 Å². The number of fused-ring (bicyclic) bond motifs is 1. The minimum absolute atomic E-state index is 0.183. The zero-order valence-corrected chi connectivity index (χ0v) is 17.2. The average molecular weight is 389 g/mol. The summed E-state index contributed by atoms with van der Waals surface area (Å²) in [6.45, 7) is 5.69. The van der Waals surface area contributed by atoms with Crippen LogP contribution in [0.3, 0.4) is 0 Å². The Bertz CT molecular complexity index is 989. The molecule has 2 aromatic carbocycles. The van der Waals surface area contributed by atoms with Crippen molar-refractivity contribution in [2.45, 2.75) is 45.6 Å². The van der Waals surface area contributed by atoms with Crippen molar-refractivity contribution in [3.8, 4) is 16.9 Å². The van der Waals surface area contributed by atoms with Gasteiger partial charge in [-0.05, 0) is 54.1 Å².